The van der Waals surface area contributed by atoms with Crippen LogP contribution >= 0.6 is 0 Å². The van der Waals surface area contributed by atoms with Crippen molar-refractivity contribution in [3.8, 4) is 0 Å². The molecule has 0 aliphatic carbocycles. The summed E-state index contributed by atoms with van der Waals surface area (Å²) in [6.45, 7) is 3.73. The van der Waals surface area contributed by atoms with E-state index in [0.717, 1.165) is 6.92 Å². The first-order valence-electron chi connectivity index (χ1n) is 2.54. The highest BCUT2D eigenvalue weighted by atomic mass is 16.6. The Morgan fingerprint density at radius 1 is 1.30 bits per heavy atom. The molecule has 0 aromatic heterocycles. The third-order valence-corrected chi connectivity index (χ3v) is 1.11. The summed E-state index contributed by atoms with van der Waals surface area (Å²) in [5.74, 6) is -5.56. The highest BCUT2D eigenvalue weighted by Gasteiger charge is 2.44. The molecule has 10 heavy (non-hydrogen) atoms. The lowest BCUT2D eigenvalue weighted by atomic mass is 10.1. The monoisotopic (exact) mass is 149 g/mol. The Morgan fingerprint density at radius 3 is 1.60 bits per heavy atom. The van der Waals surface area contributed by atoms with Crippen LogP contribution in [0.2, 0.25) is 0 Å². The molecule has 0 bridgehead atoms. The van der Waals surface area contributed by atoms with Gasteiger partial charge in [0, 0.05) is 0 Å². The molecule has 6 N–H and O–H groups in total. The van der Waals surface area contributed by atoms with E-state index in [1.54, 1.807) is 0 Å². The number of hydrogen-bond acceptors (Lipinski definition) is 5. The smallest absolute Gasteiger partial charge is 0.259 e. The summed E-state index contributed by atoms with van der Waals surface area (Å²) in [5.41, 5.74) is 4.22. The van der Waals surface area contributed by atoms with Crippen molar-refractivity contribution < 1.29 is 20.4 Å². The summed E-state index contributed by atoms with van der Waals surface area (Å²) in [6.07, 6.45) is 0. The van der Waals surface area contributed by atoms with E-state index in [1.807, 2.05) is 0 Å². The average molecular weight is 149 g/mol. The second-order valence-corrected chi connectivity index (χ2v) is 2.22. The molecule has 0 heterocycles. The zero-order valence-corrected chi connectivity index (χ0v) is 5.57. The van der Waals surface area contributed by atoms with Crippen LogP contribution in [0.3, 0.4) is 0 Å². The van der Waals surface area contributed by atoms with Crippen LogP contribution in [-0.4, -0.2) is 32.0 Å². The fourth-order valence-corrected chi connectivity index (χ4v) is 0.304. The van der Waals surface area contributed by atoms with Crippen LogP contribution in [0.5, 0.6) is 0 Å². The number of aliphatic hydroxyl groups is 4. The molecule has 0 unspecified atom stereocenters. The van der Waals surface area contributed by atoms with Crippen molar-refractivity contribution in [2.75, 3.05) is 0 Å². The van der Waals surface area contributed by atoms with Crippen molar-refractivity contribution in [3.05, 3.63) is 12.3 Å². The van der Waals surface area contributed by atoms with Crippen molar-refractivity contribution in [2.24, 2.45) is 5.73 Å². The molecule has 5 heteroatoms. The molecule has 0 radical (unpaired) electrons. The average Bonchev–Trinajstić information content (AvgIpc) is 1.62. The summed E-state index contributed by atoms with van der Waals surface area (Å²) in [4.78, 5) is 0. The van der Waals surface area contributed by atoms with E-state index in [1.165, 1.54) is 0 Å². The zero-order chi connectivity index (χ0) is 8.58. The Morgan fingerprint density at radius 2 is 1.60 bits per heavy atom. The molecule has 0 aromatic rings. The van der Waals surface area contributed by atoms with Gasteiger partial charge >= 0.3 is 0 Å². The number of nitrogens with two attached hydrogens (primary N) is 1. The molecule has 0 aromatic carbocycles. The van der Waals surface area contributed by atoms with Gasteiger partial charge in [-0.25, -0.2) is 0 Å². The van der Waals surface area contributed by atoms with E-state index < -0.39 is 17.3 Å². The van der Waals surface area contributed by atoms with E-state index in [9.17, 15) is 0 Å². The summed E-state index contributed by atoms with van der Waals surface area (Å²) in [6, 6.07) is 0. The minimum absolute atomic E-state index is 0.625. The molecule has 0 saturated heterocycles. The lowest BCUT2D eigenvalue weighted by Crippen LogP contribution is -2.55. The number of hydrogen-bond donors (Lipinski definition) is 5. The highest BCUT2D eigenvalue weighted by molar-refractivity contribution is 5.06. The molecule has 0 fully saturated rings. The van der Waals surface area contributed by atoms with Gasteiger partial charge in [-0.05, 0) is 6.92 Å². The fraction of sp³-hybridized carbons (Fsp3) is 0.600. The standard InChI is InChI=1S/C5H11NO4/c1-3(6)5(9,10)4(2,7)8/h7-10H,1,6H2,2H3. The summed E-state index contributed by atoms with van der Waals surface area (Å²) >= 11 is 0. The maximum Gasteiger partial charge on any atom is 0.259 e. The van der Waals surface area contributed by atoms with Crippen LogP contribution in [0.25, 0.3) is 0 Å². The van der Waals surface area contributed by atoms with Crippen molar-refractivity contribution in [1.82, 2.24) is 0 Å². The van der Waals surface area contributed by atoms with Crippen molar-refractivity contribution >= 4 is 0 Å². The van der Waals surface area contributed by atoms with Gasteiger partial charge in [0.05, 0.1) is 5.70 Å². The maximum atomic E-state index is 8.76. The summed E-state index contributed by atoms with van der Waals surface area (Å²) < 4.78 is 0. The molecular weight excluding hydrogens is 138 g/mol. The lowest BCUT2D eigenvalue weighted by molar-refractivity contribution is -0.329. The molecule has 0 saturated carbocycles. The Balaban J connectivity index is 4.57. The van der Waals surface area contributed by atoms with Gasteiger partial charge in [0.2, 0.25) is 5.79 Å². The molecule has 0 aliphatic heterocycles. The van der Waals surface area contributed by atoms with Gasteiger partial charge in [-0.2, -0.15) is 0 Å². The largest absolute Gasteiger partial charge is 0.398 e. The zero-order valence-electron chi connectivity index (χ0n) is 5.57. The quantitative estimate of drug-likeness (QED) is 0.287. The summed E-state index contributed by atoms with van der Waals surface area (Å²) in [7, 11) is 0. The second kappa shape index (κ2) is 2.21. The van der Waals surface area contributed by atoms with Crippen molar-refractivity contribution in [2.45, 2.75) is 18.5 Å². The van der Waals surface area contributed by atoms with Gasteiger partial charge in [-0.1, -0.05) is 6.58 Å². The normalized spacial score (nSPS) is 13.3. The third-order valence-electron chi connectivity index (χ3n) is 1.11. The molecule has 0 atom stereocenters. The Kier molecular flexibility index (Phi) is 2.07. The van der Waals surface area contributed by atoms with Crippen molar-refractivity contribution in [1.29, 1.82) is 0 Å². The predicted molar refractivity (Wildman–Crippen MR) is 33.3 cm³/mol. The molecular formula is C5H11NO4. The van der Waals surface area contributed by atoms with Gasteiger partial charge in [0.1, 0.15) is 0 Å². The van der Waals surface area contributed by atoms with E-state index in [4.69, 9.17) is 26.2 Å². The second-order valence-electron chi connectivity index (χ2n) is 2.22. The van der Waals surface area contributed by atoms with E-state index in [0.29, 0.717) is 0 Å². The molecule has 60 valence electrons. The van der Waals surface area contributed by atoms with Crippen LogP contribution < -0.4 is 5.73 Å². The van der Waals surface area contributed by atoms with Crippen LogP contribution in [0.1, 0.15) is 6.92 Å². The first-order valence-corrected chi connectivity index (χ1v) is 2.54. The van der Waals surface area contributed by atoms with Crippen LogP contribution in [0.15, 0.2) is 12.3 Å². The Bertz CT molecular complexity index is 146. The molecule has 0 amide bonds. The third kappa shape index (κ3) is 1.45. The van der Waals surface area contributed by atoms with Gasteiger partial charge in [0.25, 0.3) is 5.79 Å². The van der Waals surface area contributed by atoms with Gasteiger partial charge < -0.3 is 26.2 Å². The molecule has 0 spiro atoms. The van der Waals surface area contributed by atoms with Crippen LogP contribution in [0.4, 0.5) is 0 Å². The first kappa shape index (κ1) is 9.38. The minimum Gasteiger partial charge on any atom is -0.398 e. The van der Waals surface area contributed by atoms with E-state index in [2.05, 4.69) is 6.58 Å². The lowest BCUT2D eigenvalue weighted by Gasteiger charge is -2.31. The maximum absolute atomic E-state index is 8.76. The van der Waals surface area contributed by atoms with Gasteiger partial charge in [-0.3, -0.25) is 0 Å². The van der Waals surface area contributed by atoms with Crippen LogP contribution in [-0.2, 0) is 0 Å². The van der Waals surface area contributed by atoms with Crippen molar-refractivity contribution in [3.63, 3.8) is 0 Å². The fourth-order valence-electron chi connectivity index (χ4n) is 0.304. The predicted octanol–water partition coefficient (Wildman–Crippen LogP) is -2.16. The highest BCUT2D eigenvalue weighted by Crippen LogP contribution is 2.19. The van der Waals surface area contributed by atoms with E-state index >= 15 is 0 Å². The van der Waals surface area contributed by atoms with Gasteiger partial charge in [-0.15, -0.1) is 0 Å². The van der Waals surface area contributed by atoms with E-state index in [-0.39, 0.29) is 0 Å². The van der Waals surface area contributed by atoms with Crippen LogP contribution in [0, 0.1) is 0 Å². The molecule has 5 nitrogen and oxygen atoms in total. The topological polar surface area (TPSA) is 107 Å². The number of rotatable bonds is 2. The summed E-state index contributed by atoms with van der Waals surface area (Å²) in [5, 5.41) is 34.8. The minimum atomic E-state index is -2.87. The SMILES string of the molecule is C=C(N)C(O)(O)C(C)(O)O. The Hall–Kier alpha value is -0.620. The Labute approximate surface area is 58.0 Å². The molecule has 0 aliphatic rings. The molecule has 0 rings (SSSR count). The van der Waals surface area contributed by atoms with Gasteiger partial charge in [0.15, 0.2) is 0 Å². The first-order chi connectivity index (χ1) is 4.19.